The van der Waals surface area contributed by atoms with Crippen LogP contribution in [0.3, 0.4) is 0 Å². The van der Waals surface area contributed by atoms with Gasteiger partial charge in [0.2, 0.25) is 0 Å². The molecule has 5 nitrogen and oxygen atoms in total. The van der Waals surface area contributed by atoms with Crippen molar-refractivity contribution < 1.29 is 9.53 Å². The topological polar surface area (TPSA) is 64.1 Å². The fourth-order valence-corrected chi connectivity index (χ4v) is 2.53. The fourth-order valence-electron chi connectivity index (χ4n) is 2.53. The number of aldehydes is 1. The van der Waals surface area contributed by atoms with Gasteiger partial charge in [-0.25, -0.2) is 9.97 Å². The summed E-state index contributed by atoms with van der Waals surface area (Å²) in [7, 11) is 0. The van der Waals surface area contributed by atoms with Crippen molar-refractivity contribution in [1.29, 1.82) is 0 Å². The minimum absolute atomic E-state index is 0. The molecule has 160 valence electrons. The Morgan fingerprint density at radius 2 is 1.83 bits per heavy atom. The lowest BCUT2D eigenvalue weighted by Gasteiger charge is -2.12. The Labute approximate surface area is 180 Å². The number of benzene rings is 2. The average molecular weight is 408 g/mol. The zero-order valence-corrected chi connectivity index (χ0v) is 17.4. The highest BCUT2D eigenvalue weighted by Crippen LogP contribution is 2.22. The van der Waals surface area contributed by atoms with Gasteiger partial charge < -0.3 is 10.1 Å². The zero-order chi connectivity index (χ0) is 20.9. The van der Waals surface area contributed by atoms with Gasteiger partial charge in [0.1, 0.15) is 18.7 Å². The summed E-state index contributed by atoms with van der Waals surface area (Å²) in [5.74, 6) is 2.04. The molecular formula is C25H33N3O2. The van der Waals surface area contributed by atoms with Crippen molar-refractivity contribution in [2.45, 2.75) is 47.6 Å². The van der Waals surface area contributed by atoms with E-state index in [1.807, 2.05) is 43.3 Å². The molecule has 0 bridgehead atoms. The number of carbonyl (C=O) groups excluding carboxylic acids is 1. The van der Waals surface area contributed by atoms with E-state index >= 15 is 0 Å². The van der Waals surface area contributed by atoms with E-state index in [1.165, 1.54) is 5.56 Å². The summed E-state index contributed by atoms with van der Waals surface area (Å²) in [6.07, 6.45) is 4.70. The van der Waals surface area contributed by atoms with E-state index in [1.54, 1.807) is 12.3 Å². The van der Waals surface area contributed by atoms with Crippen molar-refractivity contribution in [3.63, 3.8) is 0 Å². The lowest BCUT2D eigenvalue weighted by atomic mass is 10.1. The van der Waals surface area contributed by atoms with E-state index in [0.29, 0.717) is 29.6 Å². The summed E-state index contributed by atoms with van der Waals surface area (Å²) in [4.78, 5) is 19.4. The number of carbonyl (C=O) groups is 1. The monoisotopic (exact) mass is 407 g/mol. The summed E-state index contributed by atoms with van der Waals surface area (Å²) in [6, 6.07) is 17.6. The van der Waals surface area contributed by atoms with Gasteiger partial charge in [0.15, 0.2) is 11.6 Å². The van der Waals surface area contributed by atoms with Crippen LogP contribution in [0.4, 0.5) is 5.82 Å². The Morgan fingerprint density at radius 1 is 1.07 bits per heavy atom. The maximum atomic E-state index is 10.8. The molecule has 0 fully saturated rings. The first kappa shape index (κ1) is 24.8. The van der Waals surface area contributed by atoms with Crippen LogP contribution in [0.25, 0.3) is 0 Å². The van der Waals surface area contributed by atoms with Gasteiger partial charge in [0.05, 0.1) is 6.20 Å². The molecule has 0 amide bonds. The number of aromatic nitrogens is 2. The molecule has 30 heavy (non-hydrogen) atoms. The summed E-state index contributed by atoms with van der Waals surface area (Å²) in [5, 5.41) is 3.28. The molecule has 1 aromatic heterocycles. The SMILES string of the molecule is C.CCCCNc1nc(C)ncc1OCc1cccc(C=O)c1.Cc1ccccc1. The maximum Gasteiger partial charge on any atom is 0.180 e. The summed E-state index contributed by atoms with van der Waals surface area (Å²) < 4.78 is 5.80. The molecule has 0 aliphatic heterocycles. The van der Waals surface area contributed by atoms with Crippen LogP contribution in [0.5, 0.6) is 5.75 Å². The predicted molar refractivity (Wildman–Crippen MR) is 124 cm³/mol. The number of nitrogens with one attached hydrogen (secondary N) is 1. The first-order valence-electron chi connectivity index (χ1n) is 9.88. The zero-order valence-electron chi connectivity index (χ0n) is 17.4. The van der Waals surface area contributed by atoms with Gasteiger partial charge in [-0.3, -0.25) is 4.79 Å². The number of ether oxygens (including phenoxy) is 1. The Bertz CT molecular complexity index is 883. The molecule has 0 saturated carbocycles. The number of nitrogens with zero attached hydrogens (tertiary/aromatic N) is 2. The predicted octanol–water partition coefficient (Wildman–Crippen LogP) is 6.02. The third-order valence-corrected chi connectivity index (χ3v) is 4.12. The molecule has 1 heterocycles. The number of rotatable bonds is 8. The summed E-state index contributed by atoms with van der Waals surface area (Å²) >= 11 is 0. The molecule has 0 radical (unpaired) electrons. The second-order valence-corrected chi connectivity index (χ2v) is 6.72. The number of unbranched alkanes of at least 4 members (excludes halogenated alkanes) is 1. The van der Waals surface area contributed by atoms with Gasteiger partial charge in [0, 0.05) is 12.1 Å². The Morgan fingerprint density at radius 3 is 2.47 bits per heavy atom. The quantitative estimate of drug-likeness (QED) is 0.365. The van der Waals surface area contributed by atoms with Gasteiger partial charge >= 0.3 is 0 Å². The van der Waals surface area contributed by atoms with Crippen molar-refractivity contribution in [3.05, 3.63) is 83.3 Å². The van der Waals surface area contributed by atoms with Crippen LogP contribution in [-0.2, 0) is 6.61 Å². The standard InChI is InChI=1S/C17H21N3O2.C7H8.CH4/c1-3-4-8-18-17-16(10-19-13(2)20-17)22-12-15-7-5-6-14(9-15)11-21;1-7-5-3-2-4-6-7;/h5-7,9-11H,3-4,8,12H2,1-2H3,(H,18,19,20);2-6H,1H3;1H4. The van der Waals surface area contributed by atoms with E-state index in [2.05, 4.69) is 41.3 Å². The van der Waals surface area contributed by atoms with E-state index in [-0.39, 0.29) is 7.43 Å². The molecule has 5 heteroatoms. The second kappa shape index (κ2) is 13.9. The third kappa shape index (κ3) is 8.86. The third-order valence-electron chi connectivity index (χ3n) is 4.12. The minimum Gasteiger partial charge on any atom is -0.483 e. The first-order valence-corrected chi connectivity index (χ1v) is 9.88. The molecule has 0 atom stereocenters. The number of anilines is 1. The number of hydrogen-bond acceptors (Lipinski definition) is 5. The van der Waals surface area contributed by atoms with E-state index < -0.39 is 0 Å². The first-order chi connectivity index (χ1) is 14.1. The molecule has 0 spiro atoms. The highest BCUT2D eigenvalue weighted by Gasteiger charge is 2.07. The Kier molecular flexibility index (Phi) is 11.5. The fraction of sp³-hybridized carbons (Fsp3) is 0.320. The van der Waals surface area contributed by atoms with Crippen molar-refractivity contribution in [1.82, 2.24) is 9.97 Å². The Balaban J connectivity index is 0.000000477. The van der Waals surface area contributed by atoms with E-state index in [9.17, 15) is 4.79 Å². The Hall–Kier alpha value is -3.21. The van der Waals surface area contributed by atoms with Crippen molar-refractivity contribution >= 4 is 12.1 Å². The van der Waals surface area contributed by atoms with Crippen LogP contribution >= 0.6 is 0 Å². The molecule has 0 aliphatic carbocycles. The molecule has 0 saturated heterocycles. The average Bonchev–Trinajstić information content (AvgIpc) is 2.74. The summed E-state index contributed by atoms with van der Waals surface area (Å²) in [6.45, 7) is 7.30. The summed E-state index contributed by atoms with van der Waals surface area (Å²) in [5.41, 5.74) is 2.90. The number of aryl methyl sites for hydroxylation is 2. The molecular weight excluding hydrogens is 374 g/mol. The molecule has 3 rings (SSSR count). The lowest BCUT2D eigenvalue weighted by Crippen LogP contribution is -2.08. The molecule has 0 aliphatic rings. The highest BCUT2D eigenvalue weighted by molar-refractivity contribution is 5.74. The largest absolute Gasteiger partial charge is 0.483 e. The minimum atomic E-state index is 0. The van der Waals surface area contributed by atoms with Crippen LogP contribution in [0.1, 0.15) is 54.5 Å². The molecule has 1 N–H and O–H groups in total. The van der Waals surface area contributed by atoms with Crippen LogP contribution < -0.4 is 10.1 Å². The van der Waals surface area contributed by atoms with Gasteiger partial charge in [0.25, 0.3) is 0 Å². The van der Waals surface area contributed by atoms with Crippen LogP contribution in [0.15, 0.2) is 60.8 Å². The van der Waals surface area contributed by atoms with Crippen molar-refractivity contribution in [2.24, 2.45) is 0 Å². The van der Waals surface area contributed by atoms with Gasteiger partial charge in [-0.2, -0.15) is 0 Å². The van der Waals surface area contributed by atoms with Crippen LogP contribution in [0, 0.1) is 13.8 Å². The molecule has 0 unspecified atom stereocenters. The van der Waals surface area contributed by atoms with Crippen LogP contribution in [0.2, 0.25) is 0 Å². The molecule has 3 aromatic rings. The van der Waals surface area contributed by atoms with Crippen molar-refractivity contribution in [2.75, 3.05) is 11.9 Å². The highest BCUT2D eigenvalue weighted by atomic mass is 16.5. The van der Waals surface area contributed by atoms with E-state index in [0.717, 1.165) is 31.2 Å². The normalized spacial score (nSPS) is 9.57. The maximum absolute atomic E-state index is 10.8. The van der Waals surface area contributed by atoms with Crippen molar-refractivity contribution in [3.8, 4) is 5.75 Å². The van der Waals surface area contributed by atoms with Gasteiger partial charge in [-0.1, -0.05) is 74.9 Å². The van der Waals surface area contributed by atoms with E-state index in [4.69, 9.17) is 4.74 Å². The van der Waals surface area contributed by atoms with Gasteiger partial charge in [-0.15, -0.1) is 0 Å². The number of hydrogen-bond donors (Lipinski definition) is 1. The lowest BCUT2D eigenvalue weighted by molar-refractivity contribution is 0.112. The van der Waals surface area contributed by atoms with Gasteiger partial charge in [-0.05, 0) is 31.9 Å². The van der Waals surface area contributed by atoms with Crippen LogP contribution in [-0.4, -0.2) is 22.8 Å². The second-order valence-electron chi connectivity index (χ2n) is 6.72. The molecule has 2 aromatic carbocycles. The smallest absolute Gasteiger partial charge is 0.180 e.